The molecule has 1 atom stereocenters. The van der Waals surface area contributed by atoms with Crippen LogP contribution in [0.1, 0.15) is 22.7 Å². The van der Waals surface area contributed by atoms with Gasteiger partial charge in [-0.1, -0.05) is 69.2 Å². The highest BCUT2D eigenvalue weighted by Crippen LogP contribution is 2.42. The van der Waals surface area contributed by atoms with Crippen LogP contribution >= 0.6 is 27.3 Å². The molecule has 0 radical (unpaired) electrons. The van der Waals surface area contributed by atoms with Gasteiger partial charge in [0.15, 0.2) is 0 Å². The molecule has 1 aliphatic heterocycles. The second kappa shape index (κ2) is 7.29. The number of ketones is 1. The number of halogens is 1. The molecule has 2 aromatic carbocycles. The van der Waals surface area contributed by atoms with Crippen molar-refractivity contribution in [1.82, 2.24) is 10.2 Å². The average molecular weight is 456 g/mol. The predicted octanol–water partition coefficient (Wildman–Crippen LogP) is 4.24. The van der Waals surface area contributed by atoms with Gasteiger partial charge in [-0.05, 0) is 24.6 Å². The van der Waals surface area contributed by atoms with Crippen molar-refractivity contribution in [3.8, 4) is 0 Å². The zero-order valence-electron chi connectivity index (χ0n) is 14.7. The molecule has 0 aliphatic carbocycles. The van der Waals surface area contributed by atoms with Gasteiger partial charge in [-0.15, -0.1) is 10.2 Å². The summed E-state index contributed by atoms with van der Waals surface area (Å²) in [6, 6.07) is 13.6. The van der Waals surface area contributed by atoms with E-state index in [1.165, 1.54) is 10.4 Å². The minimum Gasteiger partial charge on any atom is -0.507 e. The number of anilines is 1. The summed E-state index contributed by atoms with van der Waals surface area (Å²) in [7, 11) is 0. The number of hydrogen-bond donors (Lipinski definition) is 1. The lowest BCUT2D eigenvalue weighted by atomic mass is 9.95. The van der Waals surface area contributed by atoms with Crippen molar-refractivity contribution in [1.29, 1.82) is 0 Å². The maximum atomic E-state index is 12.9. The number of rotatable bonds is 3. The molecule has 1 amide bonds. The monoisotopic (exact) mass is 455 g/mol. The Labute approximate surface area is 173 Å². The van der Waals surface area contributed by atoms with E-state index in [9.17, 15) is 14.7 Å². The third-order valence-corrected chi connectivity index (χ3v) is 5.67. The standard InChI is InChI=1S/C20H14BrN3O3S/c1-11-5-7-12(8-6-11)17(25)15-16(13-3-2-4-14(21)9-13)24(19(27)18(15)26)20-23-22-10-28-20/h2-10,16,25H,1H3/t16-/m0/s1. The number of carbonyl (C=O) groups is 2. The molecule has 1 aromatic heterocycles. The SMILES string of the molecule is Cc1ccc(C(O)=C2C(=O)C(=O)N(c3nncs3)[C@H]2c2cccc(Br)c2)cc1. The van der Waals surface area contributed by atoms with Crippen molar-refractivity contribution in [2.24, 2.45) is 0 Å². The highest BCUT2D eigenvalue weighted by Gasteiger charge is 2.48. The van der Waals surface area contributed by atoms with E-state index in [1.807, 2.05) is 37.3 Å². The highest BCUT2D eigenvalue weighted by molar-refractivity contribution is 9.10. The Morgan fingerprint density at radius 1 is 1.18 bits per heavy atom. The normalized spacial score (nSPS) is 18.6. The Bertz CT molecular complexity index is 1090. The summed E-state index contributed by atoms with van der Waals surface area (Å²) in [6.45, 7) is 1.93. The minimum atomic E-state index is -0.799. The van der Waals surface area contributed by atoms with Gasteiger partial charge in [-0.3, -0.25) is 14.5 Å². The summed E-state index contributed by atoms with van der Waals surface area (Å²) in [5.74, 6) is -1.70. The highest BCUT2D eigenvalue weighted by atomic mass is 79.9. The zero-order chi connectivity index (χ0) is 19.8. The van der Waals surface area contributed by atoms with Gasteiger partial charge in [-0.2, -0.15) is 0 Å². The van der Waals surface area contributed by atoms with Crippen LogP contribution < -0.4 is 4.90 Å². The molecule has 140 valence electrons. The van der Waals surface area contributed by atoms with Gasteiger partial charge in [0.05, 0.1) is 11.6 Å². The van der Waals surface area contributed by atoms with Crippen LogP contribution in [0.3, 0.4) is 0 Å². The van der Waals surface area contributed by atoms with E-state index in [1.54, 1.807) is 18.2 Å². The Morgan fingerprint density at radius 3 is 2.57 bits per heavy atom. The van der Waals surface area contributed by atoms with E-state index in [0.717, 1.165) is 21.4 Å². The summed E-state index contributed by atoms with van der Waals surface area (Å²) < 4.78 is 0.795. The molecule has 1 saturated heterocycles. The smallest absolute Gasteiger partial charge is 0.301 e. The maximum absolute atomic E-state index is 12.9. The molecule has 0 spiro atoms. The number of aromatic nitrogens is 2. The topological polar surface area (TPSA) is 83.4 Å². The lowest BCUT2D eigenvalue weighted by Crippen LogP contribution is -2.29. The largest absolute Gasteiger partial charge is 0.507 e. The molecule has 0 bridgehead atoms. The third-order valence-electron chi connectivity index (χ3n) is 4.49. The molecule has 8 heteroatoms. The lowest BCUT2D eigenvalue weighted by Gasteiger charge is -2.22. The fraction of sp³-hybridized carbons (Fsp3) is 0.100. The van der Waals surface area contributed by atoms with Crippen molar-refractivity contribution in [3.05, 3.63) is 80.8 Å². The Kier molecular flexibility index (Phi) is 4.82. The molecule has 3 aromatic rings. The van der Waals surface area contributed by atoms with E-state index < -0.39 is 17.7 Å². The zero-order valence-corrected chi connectivity index (χ0v) is 17.1. The number of aryl methyl sites for hydroxylation is 1. The van der Waals surface area contributed by atoms with E-state index >= 15 is 0 Å². The first-order valence-corrected chi connectivity index (χ1v) is 10.0. The van der Waals surface area contributed by atoms with Crippen LogP contribution in [0.2, 0.25) is 0 Å². The third kappa shape index (κ3) is 3.14. The van der Waals surface area contributed by atoms with Crippen molar-refractivity contribution in [2.75, 3.05) is 4.90 Å². The van der Waals surface area contributed by atoms with Crippen molar-refractivity contribution in [3.63, 3.8) is 0 Å². The summed E-state index contributed by atoms with van der Waals surface area (Å²) in [4.78, 5) is 27.0. The van der Waals surface area contributed by atoms with Crippen LogP contribution in [-0.2, 0) is 9.59 Å². The van der Waals surface area contributed by atoms with Crippen molar-refractivity contribution >= 4 is 49.8 Å². The molecule has 1 N–H and O–H groups in total. The van der Waals surface area contributed by atoms with E-state index in [0.29, 0.717) is 16.3 Å². The van der Waals surface area contributed by atoms with Crippen LogP contribution in [0.5, 0.6) is 0 Å². The first-order chi connectivity index (χ1) is 13.5. The number of benzene rings is 2. The summed E-state index contributed by atoms with van der Waals surface area (Å²) in [6.07, 6.45) is 0. The van der Waals surface area contributed by atoms with Gasteiger partial charge < -0.3 is 5.11 Å². The number of nitrogens with zero attached hydrogens (tertiary/aromatic N) is 3. The molecular weight excluding hydrogens is 442 g/mol. The molecular formula is C20H14BrN3O3S. The van der Waals surface area contributed by atoms with Crippen LogP contribution in [0.4, 0.5) is 5.13 Å². The molecule has 1 fully saturated rings. The quantitative estimate of drug-likeness (QED) is 0.362. The molecule has 1 aliphatic rings. The molecule has 28 heavy (non-hydrogen) atoms. The van der Waals surface area contributed by atoms with Crippen LogP contribution in [0.25, 0.3) is 5.76 Å². The van der Waals surface area contributed by atoms with Crippen LogP contribution in [-0.4, -0.2) is 27.0 Å². The number of aliphatic hydroxyl groups is 1. The molecule has 0 saturated carbocycles. The van der Waals surface area contributed by atoms with Gasteiger partial charge in [0.25, 0.3) is 5.78 Å². The number of hydrogen-bond acceptors (Lipinski definition) is 6. The average Bonchev–Trinajstić information content (AvgIpc) is 3.29. The second-order valence-electron chi connectivity index (χ2n) is 6.31. The van der Waals surface area contributed by atoms with E-state index in [-0.39, 0.29) is 11.3 Å². The lowest BCUT2D eigenvalue weighted by molar-refractivity contribution is -0.132. The first kappa shape index (κ1) is 18.5. The second-order valence-corrected chi connectivity index (χ2v) is 8.04. The Balaban J connectivity index is 1.95. The first-order valence-electron chi connectivity index (χ1n) is 8.37. The molecule has 4 rings (SSSR count). The summed E-state index contributed by atoms with van der Waals surface area (Å²) in [5, 5.41) is 19.0. The van der Waals surface area contributed by atoms with Gasteiger partial charge >= 0.3 is 5.91 Å². The fourth-order valence-electron chi connectivity index (χ4n) is 3.16. The Hall–Kier alpha value is -2.84. The molecule has 6 nitrogen and oxygen atoms in total. The van der Waals surface area contributed by atoms with Gasteiger partial charge in [0, 0.05) is 10.0 Å². The van der Waals surface area contributed by atoms with E-state index in [2.05, 4.69) is 26.1 Å². The number of carbonyl (C=O) groups excluding carboxylic acids is 2. The van der Waals surface area contributed by atoms with Gasteiger partial charge in [0.2, 0.25) is 5.13 Å². The van der Waals surface area contributed by atoms with E-state index in [4.69, 9.17) is 0 Å². The number of Topliss-reactive ketones (excluding diaryl/α,β-unsaturated/α-hetero) is 1. The van der Waals surface area contributed by atoms with Gasteiger partial charge in [0.1, 0.15) is 11.3 Å². The van der Waals surface area contributed by atoms with Crippen LogP contribution in [0.15, 0.2) is 64.1 Å². The number of aliphatic hydroxyl groups excluding tert-OH is 1. The maximum Gasteiger partial charge on any atom is 0.301 e. The van der Waals surface area contributed by atoms with Gasteiger partial charge in [-0.25, -0.2) is 0 Å². The fourth-order valence-corrected chi connectivity index (χ4v) is 4.16. The number of amides is 1. The Morgan fingerprint density at radius 2 is 1.93 bits per heavy atom. The minimum absolute atomic E-state index is 0.0298. The van der Waals surface area contributed by atoms with Crippen molar-refractivity contribution in [2.45, 2.75) is 13.0 Å². The molecule has 2 heterocycles. The van der Waals surface area contributed by atoms with Crippen molar-refractivity contribution < 1.29 is 14.7 Å². The van der Waals surface area contributed by atoms with Crippen LogP contribution in [0, 0.1) is 6.92 Å². The molecule has 0 unspecified atom stereocenters. The summed E-state index contributed by atoms with van der Waals surface area (Å²) >= 11 is 4.58. The summed E-state index contributed by atoms with van der Waals surface area (Å²) in [5.41, 5.74) is 3.70. The predicted molar refractivity (Wildman–Crippen MR) is 110 cm³/mol.